The highest BCUT2D eigenvalue weighted by atomic mass is 35.5. The van der Waals surface area contributed by atoms with E-state index in [1.165, 1.54) is 0 Å². The Morgan fingerprint density at radius 2 is 2.09 bits per heavy atom. The summed E-state index contributed by atoms with van der Waals surface area (Å²) in [6, 6.07) is 5.62. The van der Waals surface area contributed by atoms with Crippen molar-refractivity contribution in [1.82, 2.24) is 9.97 Å². The van der Waals surface area contributed by atoms with E-state index in [1.807, 2.05) is 32.9 Å². The van der Waals surface area contributed by atoms with E-state index in [4.69, 9.17) is 32.7 Å². The SMILES string of the molecule is Cc1nc(NC(N)=NC(C)C)nc2ccc(Cl)cc12.O=[N+]([O-])O. The van der Waals surface area contributed by atoms with Gasteiger partial charge < -0.3 is 10.9 Å². The summed E-state index contributed by atoms with van der Waals surface area (Å²) in [6.07, 6.45) is 0. The Balaban J connectivity index is 0.000000593. The van der Waals surface area contributed by atoms with E-state index in [9.17, 15) is 0 Å². The molecule has 0 saturated heterocycles. The van der Waals surface area contributed by atoms with Crippen LogP contribution < -0.4 is 11.1 Å². The van der Waals surface area contributed by atoms with Crippen LogP contribution >= 0.6 is 11.6 Å². The number of benzene rings is 1. The number of fused-ring (bicyclic) bond motifs is 1. The van der Waals surface area contributed by atoms with Crippen LogP contribution in [0.15, 0.2) is 23.2 Å². The Morgan fingerprint density at radius 3 is 2.65 bits per heavy atom. The fraction of sp³-hybridized carbons (Fsp3) is 0.308. The summed E-state index contributed by atoms with van der Waals surface area (Å²) >= 11 is 5.96. The van der Waals surface area contributed by atoms with Crippen molar-refractivity contribution in [2.45, 2.75) is 26.8 Å². The molecule has 0 aliphatic carbocycles. The second kappa shape index (κ2) is 8.08. The van der Waals surface area contributed by atoms with Crippen molar-refractivity contribution in [2.75, 3.05) is 5.32 Å². The molecule has 0 saturated carbocycles. The number of aliphatic imine (C=N–C) groups is 1. The zero-order valence-electron chi connectivity index (χ0n) is 12.8. The van der Waals surface area contributed by atoms with Gasteiger partial charge in [0.1, 0.15) is 0 Å². The van der Waals surface area contributed by atoms with Crippen LogP contribution in [0.3, 0.4) is 0 Å². The van der Waals surface area contributed by atoms with Crippen molar-refractivity contribution in [1.29, 1.82) is 0 Å². The van der Waals surface area contributed by atoms with Crippen molar-refractivity contribution < 1.29 is 10.3 Å². The maximum atomic E-state index is 8.36. The number of nitrogens with one attached hydrogen (secondary N) is 1. The molecule has 0 spiro atoms. The molecule has 2 aromatic rings. The Morgan fingerprint density at radius 1 is 1.48 bits per heavy atom. The van der Waals surface area contributed by atoms with Gasteiger partial charge in [0.2, 0.25) is 5.95 Å². The van der Waals surface area contributed by atoms with Crippen LogP contribution in [-0.2, 0) is 0 Å². The van der Waals surface area contributed by atoms with Gasteiger partial charge in [-0.2, -0.15) is 0 Å². The van der Waals surface area contributed by atoms with Crippen molar-refractivity contribution in [2.24, 2.45) is 10.7 Å². The minimum atomic E-state index is -1.50. The van der Waals surface area contributed by atoms with Crippen LogP contribution in [0.2, 0.25) is 5.02 Å². The van der Waals surface area contributed by atoms with Crippen molar-refractivity contribution in [3.63, 3.8) is 0 Å². The third kappa shape index (κ3) is 6.30. The molecule has 9 nitrogen and oxygen atoms in total. The number of nitrogens with two attached hydrogens (primary N) is 1. The summed E-state index contributed by atoms with van der Waals surface area (Å²) in [7, 11) is 0. The van der Waals surface area contributed by atoms with Crippen LogP contribution in [0.5, 0.6) is 0 Å². The van der Waals surface area contributed by atoms with Gasteiger partial charge in [0.15, 0.2) is 5.96 Å². The molecular weight excluding hydrogens is 324 g/mol. The number of aryl methyl sites for hydroxylation is 1. The topological polar surface area (TPSA) is 140 Å². The van der Waals surface area contributed by atoms with Crippen molar-refractivity contribution >= 4 is 34.4 Å². The molecule has 0 fully saturated rings. The Labute approximate surface area is 137 Å². The molecule has 0 unspecified atom stereocenters. The number of halogens is 1. The predicted molar refractivity (Wildman–Crippen MR) is 88.4 cm³/mol. The highest BCUT2D eigenvalue weighted by molar-refractivity contribution is 6.31. The van der Waals surface area contributed by atoms with Gasteiger partial charge in [0.25, 0.3) is 5.09 Å². The summed E-state index contributed by atoms with van der Waals surface area (Å²) < 4.78 is 0. The lowest BCUT2D eigenvalue weighted by molar-refractivity contribution is -0.742. The van der Waals surface area contributed by atoms with Crippen LogP contribution in [0.25, 0.3) is 10.9 Å². The van der Waals surface area contributed by atoms with Crippen LogP contribution in [0.1, 0.15) is 19.5 Å². The normalized spacial score (nSPS) is 11.1. The van der Waals surface area contributed by atoms with Gasteiger partial charge in [-0.05, 0) is 39.0 Å². The standard InChI is InChI=1S/C13H16ClN5.HNO3/c1-7(2)16-12(15)19-13-17-8(3)10-6-9(14)4-5-11(10)18-13;2-1(3)4/h4-7H,1-3H3,(H3,15,16,17,18,19);(H,2,3,4). The summed E-state index contributed by atoms with van der Waals surface area (Å²) in [5, 5.41) is 18.1. The lowest BCUT2D eigenvalue weighted by Crippen LogP contribution is -2.25. The fourth-order valence-electron chi connectivity index (χ4n) is 1.73. The first kappa shape index (κ1) is 18.4. The van der Waals surface area contributed by atoms with Gasteiger partial charge in [-0.15, -0.1) is 10.1 Å². The average molecular weight is 341 g/mol. The molecule has 2 rings (SSSR count). The molecular formula is C13H17ClN6O3. The summed E-state index contributed by atoms with van der Waals surface area (Å²) in [6.45, 7) is 5.80. The van der Waals surface area contributed by atoms with Crippen LogP contribution in [0.4, 0.5) is 5.95 Å². The van der Waals surface area contributed by atoms with E-state index in [-0.39, 0.29) is 6.04 Å². The van der Waals surface area contributed by atoms with Crippen molar-refractivity contribution in [3.05, 3.63) is 39.0 Å². The Bertz CT molecular complexity index is 731. The number of anilines is 1. The van der Waals surface area contributed by atoms with Crippen LogP contribution in [-0.4, -0.2) is 32.3 Å². The molecule has 1 aromatic carbocycles. The molecule has 23 heavy (non-hydrogen) atoms. The first-order valence-corrected chi connectivity index (χ1v) is 6.94. The molecule has 0 radical (unpaired) electrons. The third-order valence-electron chi connectivity index (χ3n) is 2.49. The fourth-order valence-corrected chi connectivity index (χ4v) is 1.91. The average Bonchev–Trinajstić information content (AvgIpc) is 2.38. The molecule has 0 atom stereocenters. The molecule has 4 N–H and O–H groups in total. The number of nitrogens with zero attached hydrogens (tertiary/aromatic N) is 4. The highest BCUT2D eigenvalue weighted by Gasteiger charge is 2.06. The first-order chi connectivity index (χ1) is 10.7. The Hall–Kier alpha value is -2.68. The lowest BCUT2D eigenvalue weighted by Gasteiger charge is -2.08. The molecule has 1 heterocycles. The van der Waals surface area contributed by atoms with E-state index in [1.54, 1.807) is 6.07 Å². The zero-order valence-corrected chi connectivity index (χ0v) is 13.6. The molecule has 0 amide bonds. The predicted octanol–water partition coefficient (Wildman–Crippen LogP) is 2.38. The highest BCUT2D eigenvalue weighted by Crippen LogP contribution is 2.21. The van der Waals surface area contributed by atoms with E-state index in [0.29, 0.717) is 16.9 Å². The molecule has 1 aromatic heterocycles. The lowest BCUT2D eigenvalue weighted by atomic mass is 10.2. The van der Waals surface area contributed by atoms with E-state index < -0.39 is 5.09 Å². The summed E-state index contributed by atoms with van der Waals surface area (Å²) in [5.74, 6) is 0.747. The second-order valence-electron chi connectivity index (χ2n) is 4.77. The van der Waals surface area contributed by atoms with E-state index in [0.717, 1.165) is 16.6 Å². The van der Waals surface area contributed by atoms with Gasteiger partial charge in [0, 0.05) is 16.5 Å². The van der Waals surface area contributed by atoms with Gasteiger partial charge in [-0.1, -0.05) is 11.6 Å². The number of rotatable bonds is 2. The summed E-state index contributed by atoms with van der Waals surface area (Å²) in [5.41, 5.74) is 7.42. The molecule has 0 bridgehead atoms. The summed E-state index contributed by atoms with van der Waals surface area (Å²) in [4.78, 5) is 21.3. The first-order valence-electron chi connectivity index (χ1n) is 6.56. The minimum absolute atomic E-state index is 0.118. The molecule has 10 heteroatoms. The smallest absolute Gasteiger partial charge is 0.291 e. The van der Waals surface area contributed by atoms with Gasteiger partial charge in [0.05, 0.1) is 11.2 Å². The molecule has 0 aliphatic rings. The van der Waals surface area contributed by atoms with Crippen molar-refractivity contribution in [3.8, 4) is 0 Å². The van der Waals surface area contributed by atoms with Gasteiger partial charge in [-0.25, -0.2) is 9.97 Å². The quantitative estimate of drug-likeness (QED) is 0.330. The zero-order chi connectivity index (χ0) is 17.6. The molecule has 0 aliphatic heterocycles. The number of hydrogen-bond donors (Lipinski definition) is 3. The maximum Gasteiger partial charge on any atom is 0.291 e. The monoisotopic (exact) mass is 340 g/mol. The molecule has 124 valence electrons. The minimum Gasteiger partial charge on any atom is -0.370 e. The van der Waals surface area contributed by atoms with Crippen LogP contribution in [0, 0.1) is 17.0 Å². The third-order valence-corrected chi connectivity index (χ3v) is 2.72. The number of aromatic nitrogens is 2. The number of guanidine groups is 1. The van der Waals surface area contributed by atoms with Gasteiger partial charge >= 0.3 is 0 Å². The second-order valence-corrected chi connectivity index (χ2v) is 5.20. The largest absolute Gasteiger partial charge is 0.370 e. The van der Waals surface area contributed by atoms with Gasteiger partial charge in [-0.3, -0.25) is 10.3 Å². The van der Waals surface area contributed by atoms with E-state index in [2.05, 4.69) is 20.3 Å². The maximum absolute atomic E-state index is 8.36. The Kier molecular flexibility index (Phi) is 6.46. The van der Waals surface area contributed by atoms with E-state index >= 15 is 0 Å². The number of hydrogen-bond acceptors (Lipinski definition) is 5.